The van der Waals surface area contributed by atoms with Crippen molar-refractivity contribution in [1.82, 2.24) is 5.32 Å². The average molecular weight is 303 g/mol. The van der Waals surface area contributed by atoms with Gasteiger partial charge in [-0.3, -0.25) is 0 Å². The van der Waals surface area contributed by atoms with Crippen molar-refractivity contribution in [2.24, 2.45) is 11.3 Å². The van der Waals surface area contributed by atoms with Gasteiger partial charge >= 0.3 is 6.03 Å². The summed E-state index contributed by atoms with van der Waals surface area (Å²) in [5.41, 5.74) is 1.95. The fraction of sp³-hybridized carbons (Fsp3) is 0.588. The minimum absolute atomic E-state index is 0.0619. The van der Waals surface area contributed by atoms with Gasteiger partial charge in [-0.25, -0.2) is 4.79 Å². The number of amides is 2. The highest BCUT2D eigenvalue weighted by atomic mass is 16.3. The van der Waals surface area contributed by atoms with Crippen molar-refractivity contribution < 1.29 is 9.90 Å². The molecule has 1 aliphatic carbocycles. The lowest BCUT2D eigenvalue weighted by molar-refractivity contribution is 0.206. The number of nitrogens with zero attached hydrogens (tertiary/aromatic N) is 1. The number of hydrogen-bond acceptors (Lipinski definition) is 3. The van der Waals surface area contributed by atoms with Crippen molar-refractivity contribution in [2.75, 3.05) is 36.5 Å². The van der Waals surface area contributed by atoms with Crippen molar-refractivity contribution in [2.45, 2.75) is 26.2 Å². The number of carbonyl (C=O) groups excluding carboxylic acids is 1. The van der Waals surface area contributed by atoms with Crippen molar-refractivity contribution in [3.05, 3.63) is 24.3 Å². The number of nitrogens with one attached hydrogen (secondary N) is 2. The number of urea groups is 1. The average Bonchev–Trinajstić information content (AvgIpc) is 3.19. The molecular formula is C17H25N3O2. The normalized spacial score (nSPS) is 22.5. The molecule has 1 aliphatic heterocycles. The van der Waals surface area contributed by atoms with Gasteiger partial charge in [-0.2, -0.15) is 0 Å². The van der Waals surface area contributed by atoms with E-state index in [2.05, 4.69) is 34.6 Å². The zero-order chi connectivity index (χ0) is 15.6. The first-order chi connectivity index (χ1) is 10.6. The van der Waals surface area contributed by atoms with Crippen LogP contribution in [-0.4, -0.2) is 37.4 Å². The summed E-state index contributed by atoms with van der Waals surface area (Å²) in [6, 6.07) is 7.79. The molecule has 2 fully saturated rings. The molecular weight excluding hydrogens is 278 g/mol. The predicted molar refractivity (Wildman–Crippen MR) is 88.2 cm³/mol. The van der Waals surface area contributed by atoms with Crippen LogP contribution in [0.1, 0.15) is 26.2 Å². The van der Waals surface area contributed by atoms with E-state index in [1.165, 1.54) is 12.1 Å². The number of benzene rings is 1. The van der Waals surface area contributed by atoms with Gasteiger partial charge in [0, 0.05) is 36.4 Å². The Morgan fingerprint density at radius 3 is 2.64 bits per heavy atom. The van der Waals surface area contributed by atoms with E-state index in [9.17, 15) is 9.90 Å². The third-order valence-electron chi connectivity index (χ3n) is 4.83. The molecule has 2 amide bonds. The zero-order valence-corrected chi connectivity index (χ0v) is 13.1. The number of aliphatic hydroxyl groups is 1. The summed E-state index contributed by atoms with van der Waals surface area (Å²) in [5, 5.41) is 14.9. The summed E-state index contributed by atoms with van der Waals surface area (Å²) in [5.74, 6) is 0.754. The second kappa shape index (κ2) is 6.16. The van der Waals surface area contributed by atoms with E-state index in [0.29, 0.717) is 6.54 Å². The molecule has 2 aliphatic rings. The standard InChI is InChI=1S/C17H25N3O2/c1-13-6-9-20(10-13)15-4-2-14(3-5-15)19-16(22)18-11-17(12-21)7-8-17/h2-5,13,21H,6-12H2,1H3,(H2,18,19,22)/t13-/m0/s1. The van der Waals surface area contributed by atoms with Gasteiger partial charge in [0.2, 0.25) is 0 Å². The Bertz CT molecular complexity index is 525. The van der Waals surface area contributed by atoms with Crippen LogP contribution in [-0.2, 0) is 0 Å². The number of rotatable bonds is 5. The molecule has 22 heavy (non-hydrogen) atoms. The molecule has 0 bridgehead atoms. The third kappa shape index (κ3) is 3.53. The largest absolute Gasteiger partial charge is 0.396 e. The van der Waals surface area contributed by atoms with Crippen LogP contribution in [0, 0.1) is 11.3 Å². The first-order valence-electron chi connectivity index (χ1n) is 8.11. The van der Waals surface area contributed by atoms with E-state index in [0.717, 1.165) is 37.5 Å². The zero-order valence-electron chi connectivity index (χ0n) is 13.1. The lowest BCUT2D eigenvalue weighted by atomic mass is 10.1. The maximum absolute atomic E-state index is 11.9. The number of aliphatic hydroxyl groups excluding tert-OH is 1. The van der Waals surface area contributed by atoms with Crippen LogP contribution in [0.2, 0.25) is 0 Å². The van der Waals surface area contributed by atoms with Gasteiger partial charge in [-0.1, -0.05) is 6.92 Å². The van der Waals surface area contributed by atoms with Crippen molar-refractivity contribution in [3.63, 3.8) is 0 Å². The Kier molecular flexibility index (Phi) is 4.25. The summed E-state index contributed by atoms with van der Waals surface area (Å²) in [6.07, 6.45) is 3.23. The molecule has 1 atom stereocenters. The summed E-state index contributed by atoms with van der Waals surface area (Å²) < 4.78 is 0. The fourth-order valence-electron chi connectivity index (χ4n) is 2.94. The second-order valence-electron chi connectivity index (χ2n) is 6.85. The Hall–Kier alpha value is -1.75. The van der Waals surface area contributed by atoms with Crippen molar-refractivity contribution in [1.29, 1.82) is 0 Å². The summed E-state index contributed by atoms with van der Waals surface area (Å²) in [4.78, 5) is 14.3. The Morgan fingerprint density at radius 1 is 1.36 bits per heavy atom. The predicted octanol–water partition coefficient (Wildman–Crippen LogP) is 2.43. The third-order valence-corrected chi connectivity index (χ3v) is 4.83. The first kappa shape index (κ1) is 15.2. The van der Waals surface area contributed by atoms with Gasteiger partial charge in [0.1, 0.15) is 0 Å². The second-order valence-corrected chi connectivity index (χ2v) is 6.85. The molecule has 3 N–H and O–H groups in total. The Labute approximate surface area is 131 Å². The van der Waals surface area contributed by atoms with Crippen LogP contribution in [0.5, 0.6) is 0 Å². The first-order valence-corrected chi connectivity index (χ1v) is 8.11. The molecule has 0 radical (unpaired) electrons. The van der Waals surface area contributed by atoms with E-state index in [1.807, 2.05) is 12.1 Å². The summed E-state index contributed by atoms with van der Waals surface area (Å²) in [6.45, 7) is 5.18. The minimum atomic E-state index is -0.206. The summed E-state index contributed by atoms with van der Waals surface area (Å²) >= 11 is 0. The number of anilines is 2. The SMILES string of the molecule is C[C@H]1CCN(c2ccc(NC(=O)NCC3(CO)CC3)cc2)C1. The molecule has 120 valence electrons. The smallest absolute Gasteiger partial charge is 0.319 e. The fourth-order valence-corrected chi connectivity index (χ4v) is 2.94. The van der Waals surface area contributed by atoms with Gasteiger partial charge in [-0.15, -0.1) is 0 Å². The molecule has 5 heteroatoms. The van der Waals surface area contributed by atoms with Gasteiger partial charge in [-0.05, 0) is 49.4 Å². The lowest BCUT2D eigenvalue weighted by Gasteiger charge is -2.18. The number of hydrogen-bond donors (Lipinski definition) is 3. The van der Waals surface area contributed by atoms with E-state index >= 15 is 0 Å². The molecule has 1 saturated heterocycles. The summed E-state index contributed by atoms with van der Waals surface area (Å²) in [7, 11) is 0. The topological polar surface area (TPSA) is 64.6 Å². The van der Waals surface area contributed by atoms with Crippen LogP contribution in [0.25, 0.3) is 0 Å². The van der Waals surface area contributed by atoms with Gasteiger partial charge in [0.15, 0.2) is 0 Å². The number of carbonyl (C=O) groups is 1. The van der Waals surface area contributed by atoms with E-state index in [1.54, 1.807) is 0 Å². The molecule has 1 aromatic carbocycles. The molecule has 5 nitrogen and oxygen atoms in total. The highest BCUT2D eigenvalue weighted by Crippen LogP contribution is 2.44. The molecule has 0 unspecified atom stereocenters. The molecule has 0 spiro atoms. The minimum Gasteiger partial charge on any atom is -0.396 e. The lowest BCUT2D eigenvalue weighted by Crippen LogP contribution is -2.35. The van der Waals surface area contributed by atoms with Gasteiger partial charge in [0.25, 0.3) is 0 Å². The van der Waals surface area contributed by atoms with Crippen LogP contribution < -0.4 is 15.5 Å². The molecule has 1 aromatic rings. The van der Waals surface area contributed by atoms with Crippen LogP contribution >= 0.6 is 0 Å². The van der Waals surface area contributed by atoms with E-state index < -0.39 is 0 Å². The van der Waals surface area contributed by atoms with Gasteiger partial charge < -0.3 is 20.6 Å². The maximum Gasteiger partial charge on any atom is 0.319 e. The van der Waals surface area contributed by atoms with Crippen LogP contribution in [0.15, 0.2) is 24.3 Å². The molecule has 1 saturated carbocycles. The maximum atomic E-state index is 11.9. The van der Waals surface area contributed by atoms with Crippen molar-refractivity contribution in [3.8, 4) is 0 Å². The molecule has 3 rings (SSSR count). The van der Waals surface area contributed by atoms with Crippen LogP contribution in [0.3, 0.4) is 0 Å². The van der Waals surface area contributed by atoms with E-state index in [4.69, 9.17) is 0 Å². The quantitative estimate of drug-likeness (QED) is 0.783. The Balaban J connectivity index is 1.49. The highest BCUT2D eigenvalue weighted by Gasteiger charge is 2.42. The highest BCUT2D eigenvalue weighted by molar-refractivity contribution is 5.89. The molecule has 0 aromatic heterocycles. The Morgan fingerprint density at radius 2 is 2.09 bits per heavy atom. The van der Waals surface area contributed by atoms with Crippen LogP contribution in [0.4, 0.5) is 16.2 Å². The molecule has 1 heterocycles. The van der Waals surface area contributed by atoms with Crippen molar-refractivity contribution >= 4 is 17.4 Å². The van der Waals surface area contributed by atoms with E-state index in [-0.39, 0.29) is 18.1 Å². The monoisotopic (exact) mass is 303 g/mol. The van der Waals surface area contributed by atoms with Gasteiger partial charge in [0.05, 0.1) is 6.61 Å².